The maximum Gasteiger partial charge on any atom is 0.488 e. The van der Waals surface area contributed by atoms with Crippen LogP contribution in [0.3, 0.4) is 0 Å². The molecule has 38 heavy (non-hydrogen) atoms. The van der Waals surface area contributed by atoms with Crippen molar-refractivity contribution in [3.63, 3.8) is 0 Å². The zero-order valence-corrected chi connectivity index (χ0v) is 20.7. The molecule has 1 saturated heterocycles. The van der Waals surface area contributed by atoms with E-state index in [9.17, 15) is 19.5 Å². The van der Waals surface area contributed by atoms with Crippen LogP contribution in [0.5, 0.6) is 0 Å². The number of hydrogen-bond donors (Lipinski definition) is 6. The molecule has 1 aliphatic rings. The van der Waals surface area contributed by atoms with Gasteiger partial charge in [0.1, 0.15) is 5.54 Å². The Morgan fingerprint density at radius 2 is 1.97 bits per heavy atom. The van der Waals surface area contributed by atoms with E-state index in [1.807, 2.05) is 6.92 Å². The Morgan fingerprint density at radius 1 is 1.24 bits per heavy atom. The molecule has 3 aromatic rings. The summed E-state index contributed by atoms with van der Waals surface area (Å²) in [7, 11) is 1.18. The molecule has 2 amide bonds. The summed E-state index contributed by atoms with van der Waals surface area (Å²) < 4.78 is 10.1. The first-order chi connectivity index (χ1) is 18.3. The van der Waals surface area contributed by atoms with Crippen LogP contribution in [0.1, 0.15) is 35.8 Å². The standard InChI is InChI=1S/C23H28BN8O6/c1-13(2-7-17(34)32-23(10-33)11-37-24-38-12-23)28-20(35)14-3-5-15(6-4-14)26-8-16-9-27-19-18(29-16)21(36)31-22(25)30-19/h3-6,9,13,26,33H,2,7-8,10-12H2,1H3,(H,28,35)(H,32,34)(H3,25,27,30,31,36)/t13-/m1/s1. The van der Waals surface area contributed by atoms with Crippen molar-refractivity contribution < 1.29 is 24.0 Å². The fourth-order valence-electron chi connectivity index (χ4n) is 3.75. The molecule has 2 aromatic heterocycles. The SMILES string of the molecule is C[C@H](CCC(=O)NC1(CO)CO[B]OC1)NC(=O)c1ccc(NCc2cnc3nc(N)[nH]c(=O)c3n2)cc1. The number of nitrogens with two attached hydrogens (primary N) is 1. The van der Waals surface area contributed by atoms with Gasteiger partial charge in [0, 0.05) is 23.7 Å². The third-order valence-electron chi connectivity index (χ3n) is 5.85. The van der Waals surface area contributed by atoms with Gasteiger partial charge in [0.25, 0.3) is 11.5 Å². The van der Waals surface area contributed by atoms with E-state index in [1.54, 1.807) is 24.3 Å². The van der Waals surface area contributed by atoms with Crippen molar-refractivity contribution in [2.24, 2.45) is 0 Å². The number of H-pyrrole nitrogens is 1. The van der Waals surface area contributed by atoms with Gasteiger partial charge in [0.05, 0.1) is 38.3 Å². The van der Waals surface area contributed by atoms with Gasteiger partial charge >= 0.3 is 7.69 Å². The van der Waals surface area contributed by atoms with Crippen molar-refractivity contribution in [3.05, 3.63) is 52.1 Å². The van der Waals surface area contributed by atoms with Crippen molar-refractivity contribution in [1.29, 1.82) is 0 Å². The first kappa shape index (κ1) is 27.0. The Kier molecular flexibility index (Phi) is 8.50. The van der Waals surface area contributed by atoms with Crippen molar-refractivity contribution in [3.8, 4) is 0 Å². The van der Waals surface area contributed by atoms with E-state index < -0.39 is 11.1 Å². The quantitative estimate of drug-likeness (QED) is 0.182. The van der Waals surface area contributed by atoms with Gasteiger partial charge in [-0.05, 0) is 37.6 Å². The second-order valence-electron chi connectivity index (χ2n) is 9.03. The van der Waals surface area contributed by atoms with Crippen LogP contribution in [0.4, 0.5) is 11.6 Å². The number of rotatable bonds is 10. The van der Waals surface area contributed by atoms with Crippen LogP contribution in [0.25, 0.3) is 11.2 Å². The summed E-state index contributed by atoms with van der Waals surface area (Å²) in [6.07, 6.45) is 2.07. The number of hydrogen-bond acceptors (Lipinski definition) is 11. The molecule has 0 saturated carbocycles. The van der Waals surface area contributed by atoms with Crippen LogP contribution in [-0.2, 0) is 20.6 Å². The molecule has 199 valence electrons. The maximum atomic E-state index is 12.6. The lowest BCUT2D eigenvalue weighted by Gasteiger charge is -2.35. The van der Waals surface area contributed by atoms with Crippen LogP contribution in [-0.4, -0.2) is 75.9 Å². The Balaban J connectivity index is 1.24. The number of nitrogens with one attached hydrogen (secondary N) is 4. The predicted octanol–water partition coefficient (Wildman–Crippen LogP) is -0.766. The highest BCUT2D eigenvalue weighted by atomic mass is 16.6. The molecule has 1 atom stereocenters. The second kappa shape index (κ2) is 12.0. The molecule has 1 aromatic carbocycles. The van der Waals surface area contributed by atoms with Gasteiger partial charge in [-0.1, -0.05) is 0 Å². The molecule has 7 N–H and O–H groups in total. The average Bonchev–Trinajstić information content (AvgIpc) is 2.91. The van der Waals surface area contributed by atoms with E-state index in [1.165, 1.54) is 13.9 Å². The lowest BCUT2D eigenvalue weighted by molar-refractivity contribution is -0.126. The molecule has 0 unspecified atom stereocenters. The second-order valence-corrected chi connectivity index (χ2v) is 9.03. The van der Waals surface area contributed by atoms with Crippen LogP contribution < -0.4 is 27.2 Å². The van der Waals surface area contributed by atoms with Gasteiger partial charge in [-0.15, -0.1) is 0 Å². The van der Waals surface area contributed by atoms with E-state index in [0.717, 1.165) is 5.69 Å². The van der Waals surface area contributed by atoms with Crippen LogP contribution in [0, 0.1) is 0 Å². The van der Waals surface area contributed by atoms with Crippen molar-refractivity contribution >= 4 is 42.3 Å². The molecule has 0 aliphatic carbocycles. The topological polar surface area (TPSA) is 206 Å². The van der Waals surface area contributed by atoms with Gasteiger partial charge in [0.2, 0.25) is 11.9 Å². The number of benzene rings is 1. The minimum atomic E-state index is -0.974. The van der Waals surface area contributed by atoms with Gasteiger partial charge < -0.3 is 36.1 Å². The van der Waals surface area contributed by atoms with Gasteiger partial charge in [0.15, 0.2) is 11.2 Å². The molecule has 0 bridgehead atoms. The number of aromatic amines is 1. The molecule has 1 aliphatic heterocycles. The third-order valence-corrected chi connectivity index (χ3v) is 5.85. The van der Waals surface area contributed by atoms with Crippen molar-refractivity contribution in [2.75, 3.05) is 30.9 Å². The molecule has 14 nitrogen and oxygen atoms in total. The highest BCUT2D eigenvalue weighted by molar-refractivity contribution is 6.18. The number of carbonyl (C=O) groups is 2. The van der Waals surface area contributed by atoms with Gasteiger partial charge in [-0.2, -0.15) is 4.98 Å². The Morgan fingerprint density at radius 3 is 2.68 bits per heavy atom. The minimum Gasteiger partial charge on any atom is -0.411 e. The normalized spacial score (nSPS) is 15.3. The summed E-state index contributed by atoms with van der Waals surface area (Å²) in [6, 6.07) is 6.58. The number of amides is 2. The largest absolute Gasteiger partial charge is 0.488 e. The third kappa shape index (κ3) is 6.82. The fourth-order valence-corrected chi connectivity index (χ4v) is 3.75. The number of aliphatic hydroxyl groups excluding tert-OH is 1. The molecule has 1 fully saturated rings. The number of fused-ring (bicyclic) bond motifs is 1. The number of anilines is 2. The lowest BCUT2D eigenvalue weighted by Crippen LogP contribution is -2.60. The van der Waals surface area contributed by atoms with E-state index in [0.29, 0.717) is 24.2 Å². The molecule has 3 heterocycles. The lowest BCUT2D eigenvalue weighted by atomic mass is 10.00. The summed E-state index contributed by atoms with van der Waals surface area (Å²) in [6.45, 7) is 2.03. The highest BCUT2D eigenvalue weighted by Crippen LogP contribution is 2.13. The molecule has 1 radical (unpaired) electrons. The van der Waals surface area contributed by atoms with Crippen LogP contribution in [0.2, 0.25) is 0 Å². The highest BCUT2D eigenvalue weighted by Gasteiger charge is 2.35. The predicted molar refractivity (Wildman–Crippen MR) is 138 cm³/mol. The molecule has 4 rings (SSSR count). The van der Waals surface area contributed by atoms with Crippen molar-refractivity contribution in [2.45, 2.75) is 37.9 Å². The summed E-state index contributed by atoms with van der Waals surface area (Å²) in [5.41, 5.74) is 6.07. The van der Waals surface area contributed by atoms with E-state index >= 15 is 0 Å². The van der Waals surface area contributed by atoms with E-state index in [4.69, 9.17) is 15.0 Å². The molecule has 0 spiro atoms. The zero-order chi connectivity index (χ0) is 27.1. The zero-order valence-electron chi connectivity index (χ0n) is 20.7. The Labute approximate surface area is 218 Å². The minimum absolute atomic E-state index is 0.0256. The number of carbonyl (C=O) groups excluding carboxylic acids is 2. The Bertz CT molecular complexity index is 1350. The smallest absolute Gasteiger partial charge is 0.411 e. The number of aliphatic hydroxyl groups is 1. The summed E-state index contributed by atoms with van der Waals surface area (Å²) in [5.74, 6) is -0.569. The molecule has 15 heteroatoms. The maximum absolute atomic E-state index is 12.6. The van der Waals surface area contributed by atoms with Crippen molar-refractivity contribution in [1.82, 2.24) is 30.6 Å². The number of nitrogens with zero attached hydrogens (tertiary/aromatic N) is 3. The number of aromatic nitrogens is 4. The fraction of sp³-hybridized carbons (Fsp3) is 0.391. The van der Waals surface area contributed by atoms with Crippen LogP contribution in [0.15, 0.2) is 35.3 Å². The monoisotopic (exact) mass is 523 g/mol. The first-order valence-electron chi connectivity index (χ1n) is 11.9. The summed E-state index contributed by atoms with van der Waals surface area (Å²) in [5, 5.41) is 18.4. The van der Waals surface area contributed by atoms with Gasteiger partial charge in [-0.3, -0.25) is 19.4 Å². The first-order valence-corrected chi connectivity index (χ1v) is 11.9. The molecular weight excluding hydrogens is 495 g/mol. The van der Waals surface area contributed by atoms with E-state index in [2.05, 4.69) is 35.9 Å². The summed E-state index contributed by atoms with van der Waals surface area (Å²) in [4.78, 5) is 51.7. The Hall–Kier alpha value is -4.08. The van der Waals surface area contributed by atoms with Crippen LogP contribution >= 0.6 is 0 Å². The average molecular weight is 523 g/mol. The molecular formula is C23H28BN8O6. The summed E-state index contributed by atoms with van der Waals surface area (Å²) >= 11 is 0. The van der Waals surface area contributed by atoms with Gasteiger partial charge in [-0.25, -0.2) is 9.97 Å². The number of nitrogen functional groups attached to an aromatic ring is 1. The van der Waals surface area contributed by atoms with E-state index in [-0.39, 0.29) is 61.2 Å².